The van der Waals surface area contributed by atoms with Gasteiger partial charge in [-0.15, -0.1) is 0 Å². The first-order valence-electron chi connectivity index (χ1n) is 5.22. The van der Waals surface area contributed by atoms with Crippen LogP contribution in [0.1, 0.15) is 24.8 Å². The van der Waals surface area contributed by atoms with E-state index in [1.54, 1.807) is 6.20 Å². The van der Waals surface area contributed by atoms with Gasteiger partial charge in [0.05, 0.1) is 18.9 Å². The lowest BCUT2D eigenvalue weighted by Crippen LogP contribution is -2.31. The first kappa shape index (κ1) is 10.5. The third-order valence-electron chi connectivity index (χ3n) is 2.73. The lowest BCUT2D eigenvalue weighted by atomic mass is 10.2. The van der Waals surface area contributed by atoms with E-state index in [2.05, 4.69) is 4.98 Å². The third kappa shape index (κ3) is 2.73. The van der Waals surface area contributed by atoms with Gasteiger partial charge in [-0.25, -0.2) is 4.39 Å². The molecule has 1 saturated carbocycles. The molecule has 0 aliphatic heterocycles. The van der Waals surface area contributed by atoms with Crippen LogP contribution in [-0.2, 0) is 11.3 Å². The molecule has 0 bridgehead atoms. The molecule has 0 radical (unpaired) electrons. The molecule has 0 saturated heterocycles. The monoisotopic (exact) mass is 210 g/mol. The topological polar surface area (TPSA) is 48.1 Å². The SMILES string of the molecule is NC1CCCC1OCc1cncc(F)c1. The molecule has 0 amide bonds. The summed E-state index contributed by atoms with van der Waals surface area (Å²) in [5.74, 6) is -0.327. The number of rotatable bonds is 3. The second kappa shape index (κ2) is 4.68. The maximum Gasteiger partial charge on any atom is 0.141 e. The number of aromatic nitrogens is 1. The number of hydrogen-bond acceptors (Lipinski definition) is 3. The summed E-state index contributed by atoms with van der Waals surface area (Å²) in [6.07, 6.45) is 6.06. The summed E-state index contributed by atoms with van der Waals surface area (Å²) in [6.45, 7) is 0.392. The predicted octanol–water partition coefficient (Wildman–Crippen LogP) is 1.62. The molecule has 0 aromatic carbocycles. The molecule has 1 aromatic rings. The van der Waals surface area contributed by atoms with Crippen molar-refractivity contribution in [2.75, 3.05) is 0 Å². The first-order valence-corrected chi connectivity index (χ1v) is 5.22. The van der Waals surface area contributed by atoms with E-state index in [0.717, 1.165) is 24.8 Å². The highest BCUT2D eigenvalue weighted by Gasteiger charge is 2.24. The van der Waals surface area contributed by atoms with Gasteiger partial charge in [-0.2, -0.15) is 0 Å². The first-order chi connectivity index (χ1) is 7.25. The number of pyridine rings is 1. The van der Waals surface area contributed by atoms with E-state index in [4.69, 9.17) is 10.5 Å². The van der Waals surface area contributed by atoms with Gasteiger partial charge in [0, 0.05) is 12.2 Å². The minimum Gasteiger partial charge on any atom is -0.372 e. The van der Waals surface area contributed by atoms with Crippen LogP contribution in [0.4, 0.5) is 4.39 Å². The maximum atomic E-state index is 12.8. The van der Waals surface area contributed by atoms with Crippen LogP contribution in [0.25, 0.3) is 0 Å². The fraction of sp³-hybridized carbons (Fsp3) is 0.545. The third-order valence-corrected chi connectivity index (χ3v) is 2.73. The molecule has 1 heterocycles. The Hall–Kier alpha value is -1.00. The van der Waals surface area contributed by atoms with Gasteiger partial charge >= 0.3 is 0 Å². The molecule has 2 N–H and O–H groups in total. The zero-order chi connectivity index (χ0) is 10.7. The van der Waals surface area contributed by atoms with E-state index in [1.807, 2.05) is 0 Å². The van der Waals surface area contributed by atoms with Crippen LogP contribution >= 0.6 is 0 Å². The Bertz CT molecular complexity index is 332. The summed E-state index contributed by atoms with van der Waals surface area (Å²) in [7, 11) is 0. The van der Waals surface area contributed by atoms with E-state index in [1.165, 1.54) is 12.3 Å². The number of nitrogens with two attached hydrogens (primary N) is 1. The van der Waals surface area contributed by atoms with Gasteiger partial charge in [-0.3, -0.25) is 4.98 Å². The summed E-state index contributed by atoms with van der Waals surface area (Å²) in [5, 5.41) is 0. The maximum absolute atomic E-state index is 12.8. The van der Waals surface area contributed by atoms with E-state index in [0.29, 0.717) is 6.61 Å². The largest absolute Gasteiger partial charge is 0.372 e. The molecule has 1 aromatic heterocycles. The highest BCUT2D eigenvalue weighted by Crippen LogP contribution is 2.21. The van der Waals surface area contributed by atoms with Crippen molar-refractivity contribution in [3.8, 4) is 0 Å². The van der Waals surface area contributed by atoms with Crippen LogP contribution in [0.2, 0.25) is 0 Å². The molecular formula is C11H15FN2O. The van der Waals surface area contributed by atoms with Crippen molar-refractivity contribution in [3.05, 3.63) is 29.8 Å². The summed E-state index contributed by atoms with van der Waals surface area (Å²) >= 11 is 0. The average molecular weight is 210 g/mol. The Morgan fingerprint density at radius 1 is 1.47 bits per heavy atom. The van der Waals surface area contributed by atoms with E-state index in [-0.39, 0.29) is 18.0 Å². The normalized spacial score (nSPS) is 25.7. The molecule has 1 aliphatic carbocycles. The second-order valence-corrected chi connectivity index (χ2v) is 3.96. The van der Waals surface area contributed by atoms with Crippen molar-refractivity contribution in [1.29, 1.82) is 0 Å². The van der Waals surface area contributed by atoms with Crippen LogP contribution in [0.5, 0.6) is 0 Å². The molecule has 82 valence electrons. The lowest BCUT2D eigenvalue weighted by molar-refractivity contribution is 0.0354. The summed E-state index contributed by atoms with van der Waals surface area (Å²) in [4.78, 5) is 3.76. The molecule has 2 unspecified atom stereocenters. The number of hydrogen-bond donors (Lipinski definition) is 1. The van der Waals surface area contributed by atoms with Crippen molar-refractivity contribution in [1.82, 2.24) is 4.98 Å². The molecule has 1 aliphatic rings. The zero-order valence-electron chi connectivity index (χ0n) is 8.53. The zero-order valence-corrected chi connectivity index (χ0v) is 8.53. The minimum atomic E-state index is -0.327. The highest BCUT2D eigenvalue weighted by molar-refractivity contribution is 5.08. The number of ether oxygens (including phenoxy) is 1. The Balaban J connectivity index is 1.87. The molecular weight excluding hydrogens is 195 g/mol. The van der Waals surface area contributed by atoms with Gasteiger partial charge in [0.15, 0.2) is 0 Å². The molecule has 15 heavy (non-hydrogen) atoms. The predicted molar refractivity (Wildman–Crippen MR) is 54.6 cm³/mol. The fourth-order valence-corrected chi connectivity index (χ4v) is 1.90. The van der Waals surface area contributed by atoms with Gasteiger partial charge in [0.2, 0.25) is 0 Å². The molecule has 0 spiro atoms. The van der Waals surface area contributed by atoms with Gasteiger partial charge in [-0.1, -0.05) is 0 Å². The fourth-order valence-electron chi connectivity index (χ4n) is 1.90. The van der Waals surface area contributed by atoms with Crippen LogP contribution in [-0.4, -0.2) is 17.1 Å². The minimum absolute atomic E-state index is 0.119. The Morgan fingerprint density at radius 3 is 3.00 bits per heavy atom. The van der Waals surface area contributed by atoms with Crippen LogP contribution < -0.4 is 5.73 Å². The molecule has 2 rings (SSSR count). The van der Waals surface area contributed by atoms with Crippen LogP contribution in [0, 0.1) is 5.82 Å². The van der Waals surface area contributed by atoms with Crippen molar-refractivity contribution < 1.29 is 9.13 Å². The van der Waals surface area contributed by atoms with E-state index >= 15 is 0 Å². The molecule has 3 nitrogen and oxygen atoms in total. The second-order valence-electron chi connectivity index (χ2n) is 3.96. The molecule has 1 fully saturated rings. The number of halogens is 1. The summed E-state index contributed by atoms with van der Waals surface area (Å²) in [5.41, 5.74) is 6.62. The van der Waals surface area contributed by atoms with Crippen molar-refractivity contribution in [3.63, 3.8) is 0 Å². The highest BCUT2D eigenvalue weighted by atomic mass is 19.1. The van der Waals surface area contributed by atoms with Gasteiger partial charge in [0.25, 0.3) is 0 Å². The Morgan fingerprint density at radius 2 is 2.33 bits per heavy atom. The summed E-state index contributed by atoms with van der Waals surface area (Å²) < 4.78 is 18.4. The van der Waals surface area contributed by atoms with Crippen molar-refractivity contribution in [2.45, 2.75) is 38.0 Å². The Kier molecular flexibility index (Phi) is 3.28. The van der Waals surface area contributed by atoms with Crippen LogP contribution in [0.3, 0.4) is 0 Å². The number of nitrogens with zero attached hydrogens (tertiary/aromatic N) is 1. The smallest absolute Gasteiger partial charge is 0.141 e. The van der Waals surface area contributed by atoms with Gasteiger partial charge in [-0.05, 0) is 30.9 Å². The Labute approximate surface area is 88.5 Å². The lowest BCUT2D eigenvalue weighted by Gasteiger charge is -2.16. The molecule has 2 atom stereocenters. The molecule has 4 heteroatoms. The van der Waals surface area contributed by atoms with Gasteiger partial charge in [0.1, 0.15) is 5.82 Å². The summed E-state index contributed by atoms with van der Waals surface area (Å²) in [6, 6.07) is 1.57. The quantitative estimate of drug-likeness (QED) is 0.824. The van der Waals surface area contributed by atoms with E-state index in [9.17, 15) is 4.39 Å². The average Bonchev–Trinajstić information content (AvgIpc) is 2.61. The van der Waals surface area contributed by atoms with Crippen molar-refractivity contribution >= 4 is 0 Å². The van der Waals surface area contributed by atoms with Crippen molar-refractivity contribution in [2.24, 2.45) is 5.73 Å². The van der Waals surface area contributed by atoms with Gasteiger partial charge < -0.3 is 10.5 Å². The van der Waals surface area contributed by atoms with Crippen LogP contribution in [0.15, 0.2) is 18.5 Å². The van der Waals surface area contributed by atoms with E-state index < -0.39 is 0 Å². The standard InChI is InChI=1S/C11H15FN2O/c12-9-4-8(5-14-6-9)7-15-11-3-1-2-10(11)13/h4-6,10-11H,1-3,7,13H2.